The van der Waals surface area contributed by atoms with E-state index >= 15 is 0 Å². The molecule has 7 nitrogen and oxygen atoms in total. The average molecular weight is 495 g/mol. The van der Waals surface area contributed by atoms with Gasteiger partial charge in [-0.15, -0.1) is 0 Å². The monoisotopic (exact) mass is 494 g/mol. The third-order valence-electron chi connectivity index (χ3n) is 6.05. The smallest absolute Gasteiger partial charge is 0.261 e. The minimum absolute atomic E-state index is 0.0424. The molecule has 0 aliphatic carbocycles. The van der Waals surface area contributed by atoms with Crippen LogP contribution in [0, 0.1) is 0 Å². The quantitative estimate of drug-likeness (QED) is 0.464. The molecular weight excluding hydrogens is 464 g/mol. The number of ether oxygens (including phenoxy) is 2. The Morgan fingerprint density at radius 2 is 1.80 bits per heavy atom. The van der Waals surface area contributed by atoms with Crippen LogP contribution in [0.1, 0.15) is 35.7 Å². The van der Waals surface area contributed by atoms with E-state index < -0.39 is 10.0 Å². The molecule has 0 radical (unpaired) electrons. The Kier molecular flexibility index (Phi) is 7.60. The molecule has 0 spiro atoms. The van der Waals surface area contributed by atoms with Crippen LogP contribution in [-0.2, 0) is 16.4 Å². The Morgan fingerprint density at radius 1 is 1.03 bits per heavy atom. The molecule has 4 rings (SSSR count). The fraction of sp³-hybridized carbons (Fsp3) is 0.296. The van der Waals surface area contributed by atoms with Crippen LogP contribution >= 0.6 is 0 Å². The average Bonchev–Trinajstić information content (AvgIpc) is 3.33. The van der Waals surface area contributed by atoms with E-state index in [2.05, 4.69) is 4.72 Å². The number of rotatable bonds is 9. The first-order chi connectivity index (χ1) is 16.9. The van der Waals surface area contributed by atoms with Crippen molar-refractivity contribution in [1.82, 2.24) is 4.90 Å². The van der Waals surface area contributed by atoms with E-state index in [0.29, 0.717) is 30.2 Å². The molecule has 1 saturated heterocycles. The number of carbonyl (C=O) groups is 1. The van der Waals surface area contributed by atoms with Crippen LogP contribution in [0.3, 0.4) is 0 Å². The van der Waals surface area contributed by atoms with Crippen molar-refractivity contribution in [1.29, 1.82) is 0 Å². The van der Waals surface area contributed by atoms with E-state index in [1.54, 1.807) is 43.5 Å². The van der Waals surface area contributed by atoms with Crippen molar-refractivity contribution in [3.63, 3.8) is 0 Å². The highest BCUT2D eigenvalue weighted by atomic mass is 32.2. The molecule has 1 heterocycles. The second-order valence-corrected chi connectivity index (χ2v) is 10.1. The van der Waals surface area contributed by atoms with Crippen LogP contribution < -0.4 is 14.2 Å². The van der Waals surface area contributed by atoms with E-state index in [1.807, 2.05) is 36.1 Å². The number of nitrogens with zero attached hydrogens (tertiary/aromatic N) is 1. The second kappa shape index (κ2) is 10.8. The maximum atomic E-state index is 13.4. The van der Waals surface area contributed by atoms with Gasteiger partial charge in [0.1, 0.15) is 11.5 Å². The van der Waals surface area contributed by atoms with E-state index in [4.69, 9.17) is 9.47 Å². The van der Waals surface area contributed by atoms with E-state index in [1.165, 1.54) is 12.1 Å². The van der Waals surface area contributed by atoms with Crippen LogP contribution in [-0.4, -0.2) is 45.5 Å². The molecule has 0 bridgehead atoms. The van der Waals surface area contributed by atoms with Gasteiger partial charge in [0, 0.05) is 23.8 Å². The summed E-state index contributed by atoms with van der Waals surface area (Å²) in [4.78, 5) is 15.3. The van der Waals surface area contributed by atoms with Crippen LogP contribution in [0.25, 0.3) is 0 Å². The molecule has 8 heteroatoms. The molecule has 184 valence electrons. The predicted molar refractivity (Wildman–Crippen MR) is 136 cm³/mol. The number of benzene rings is 3. The molecule has 1 aliphatic heterocycles. The highest BCUT2D eigenvalue weighted by molar-refractivity contribution is 7.92. The molecule has 35 heavy (non-hydrogen) atoms. The maximum Gasteiger partial charge on any atom is 0.261 e. The van der Waals surface area contributed by atoms with Gasteiger partial charge in [-0.25, -0.2) is 8.42 Å². The fourth-order valence-corrected chi connectivity index (χ4v) is 5.45. The Balaban J connectivity index is 1.49. The molecule has 1 unspecified atom stereocenters. The van der Waals surface area contributed by atoms with Crippen LogP contribution in [0.4, 0.5) is 5.69 Å². The van der Waals surface area contributed by atoms with Crippen molar-refractivity contribution < 1.29 is 22.7 Å². The summed E-state index contributed by atoms with van der Waals surface area (Å²) in [7, 11) is -2.23. The molecule has 1 N–H and O–H groups in total. The van der Waals surface area contributed by atoms with Gasteiger partial charge in [0.05, 0.1) is 18.6 Å². The number of anilines is 1. The van der Waals surface area contributed by atoms with Gasteiger partial charge < -0.3 is 14.4 Å². The molecule has 1 aliphatic rings. The standard InChI is InChI=1S/C27H30N2O5S/c1-3-34-24-14-12-22(13-15-24)28-35(31,32)26-11-5-8-21(19-26)27(30)29-16-6-9-23(29)17-20-7-4-10-25(18-20)33-2/h4-5,7-8,10-15,18-19,23,28H,3,6,9,16-17H2,1-2H3. The van der Waals surface area contributed by atoms with E-state index in [9.17, 15) is 13.2 Å². The summed E-state index contributed by atoms with van der Waals surface area (Å²) < 4.78 is 39.3. The number of carbonyl (C=O) groups excluding carboxylic acids is 1. The molecule has 3 aromatic carbocycles. The Hall–Kier alpha value is -3.52. The highest BCUT2D eigenvalue weighted by Gasteiger charge is 2.30. The summed E-state index contributed by atoms with van der Waals surface area (Å²) in [5.41, 5.74) is 1.88. The van der Waals surface area contributed by atoms with Gasteiger partial charge in [0.15, 0.2) is 0 Å². The summed E-state index contributed by atoms with van der Waals surface area (Å²) in [6.45, 7) is 3.06. The summed E-state index contributed by atoms with van der Waals surface area (Å²) in [5, 5.41) is 0. The van der Waals surface area contributed by atoms with Gasteiger partial charge in [0.2, 0.25) is 0 Å². The lowest BCUT2D eigenvalue weighted by atomic mass is 10.0. The third kappa shape index (κ3) is 5.95. The molecule has 1 atom stereocenters. The summed E-state index contributed by atoms with van der Waals surface area (Å²) in [6, 6.07) is 20.8. The molecule has 3 aromatic rings. The zero-order chi connectivity index (χ0) is 24.8. The first-order valence-electron chi connectivity index (χ1n) is 11.7. The fourth-order valence-electron chi connectivity index (χ4n) is 4.35. The molecule has 0 saturated carbocycles. The SMILES string of the molecule is CCOc1ccc(NS(=O)(=O)c2cccc(C(=O)N3CCCC3Cc3cccc(OC)c3)c2)cc1. The first-order valence-corrected chi connectivity index (χ1v) is 13.2. The number of sulfonamides is 1. The van der Waals surface area contributed by atoms with E-state index in [-0.39, 0.29) is 16.8 Å². The molecule has 1 amide bonds. The Labute approximate surface area is 206 Å². The summed E-state index contributed by atoms with van der Waals surface area (Å²) >= 11 is 0. The lowest BCUT2D eigenvalue weighted by molar-refractivity contribution is 0.0736. The normalized spacial score (nSPS) is 15.6. The summed E-state index contributed by atoms with van der Waals surface area (Å²) in [6.07, 6.45) is 2.54. The largest absolute Gasteiger partial charge is 0.497 e. The lowest BCUT2D eigenvalue weighted by Crippen LogP contribution is -2.36. The van der Waals surface area contributed by atoms with Crippen molar-refractivity contribution in [2.75, 3.05) is 25.0 Å². The van der Waals surface area contributed by atoms with Gasteiger partial charge in [-0.1, -0.05) is 18.2 Å². The number of amides is 1. The van der Waals surface area contributed by atoms with Gasteiger partial charge in [-0.05, 0) is 86.3 Å². The topological polar surface area (TPSA) is 84.9 Å². The molecular formula is C27H30N2O5S. The Morgan fingerprint density at radius 3 is 2.54 bits per heavy atom. The van der Waals surface area contributed by atoms with Gasteiger partial charge in [-0.3, -0.25) is 9.52 Å². The first kappa shape index (κ1) is 24.6. The highest BCUT2D eigenvalue weighted by Crippen LogP contribution is 2.26. The number of hydrogen-bond donors (Lipinski definition) is 1. The lowest BCUT2D eigenvalue weighted by Gasteiger charge is -2.25. The zero-order valence-electron chi connectivity index (χ0n) is 19.9. The van der Waals surface area contributed by atoms with E-state index in [0.717, 1.165) is 30.6 Å². The molecule has 0 aromatic heterocycles. The van der Waals surface area contributed by atoms with Crippen molar-refractivity contribution in [2.45, 2.75) is 37.1 Å². The van der Waals surface area contributed by atoms with Crippen LogP contribution in [0.5, 0.6) is 11.5 Å². The van der Waals surface area contributed by atoms with Gasteiger partial charge in [0.25, 0.3) is 15.9 Å². The zero-order valence-corrected chi connectivity index (χ0v) is 20.8. The predicted octanol–water partition coefficient (Wildman–Crippen LogP) is 4.74. The van der Waals surface area contributed by atoms with Gasteiger partial charge in [-0.2, -0.15) is 0 Å². The van der Waals surface area contributed by atoms with Gasteiger partial charge >= 0.3 is 0 Å². The number of nitrogens with one attached hydrogen (secondary N) is 1. The summed E-state index contributed by atoms with van der Waals surface area (Å²) in [5.74, 6) is 1.29. The molecule has 1 fully saturated rings. The van der Waals surface area contributed by atoms with Crippen LogP contribution in [0.2, 0.25) is 0 Å². The number of hydrogen-bond acceptors (Lipinski definition) is 5. The second-order valence-electron chi connectivity index (χ2n) is 8.44. The number of likely N-dealkylation sites (tertiary alicyclic amines) is 1. The van der Waals surface area contributed by atoms with Crippen molar-refractivity contribution >= 4 is 21.6 Å². The Bertz CT molecular complexity index is 1270. The maximum absolute atomic E-state index is 13.4. The minimum Gasteiger partial charge on any atom is -0.497 e. The van der Waals surface area contributed by atoms with Crippen molar-refractivity contribution in [2.24, 2.45) is 0 Å². The minimum atomic E-state index is -3.86. The number of methoxy groups -OCH3 is 1. The van der Waals surface area contributed by atoms with Crippen molar-refractivity contribution in [3.05, 3.63) is 83.9 Å². The third-order valence-corrected chi connectivity index (χ3v) is 7.43. The van der Waals surface area contributed by atoms with Crippen molar-refractivity contribution in [3.8, 4) is 11.5 Å². The van der Waals surface area contributed by atoms with Crippen LogP contribution in [0.15, 0.2) is 77.7 Å².